The van der Waals surface area contributed by atoms with Gasteiger partial charge < -0.3 is 24.1 Å². The van der Waals surface area contributed by atoms with E-state index < -0.39 is 22.6 Å². The van der Waals surface area contributed by atoms with Crippen LogP contribution in [0.2, 0.25) is 36.3 Å². The van der Waals surface area contributed by atoms with Crippen molar-refractivity contribution in [2.45, 2.75) is 103 Å². The lowest BCUT2D eigenvalue weighted by Gasteiger charge is -2.43. The molecule has 178 valence electrons. The predicted molar refractivity (Wildman–Crippen MR) is 131 cm³/mol. The number of carboxylic acid groups (broad SMARTS) is 1. The van der Waals surface area contributed by atoms with Gasteiger partial charge in [-0.2, -0.15) is 0 Å². The maximum absolute atomic E-state index is 11.6. The molecule has 31 heavy (non-hydrogen) atoms. The molecule has 0 saturated heterocycles. The lowest BCUT2D eigenvalue weighted by molar-refractivity contribution is -0.710. The molecule has 2 atom stereocenters. The number of carboxylic acids is 1. The molecule has 0 saturated carbocycles. The van der Waals surface area contributed by atoms with E-state index in [4.69, 9.17) is 8.85 Å². The molecular formula is C24H45NO4Si2. The molecule has 0 aliphatic rings. The predicted octanol–water partition coefficient (Wildman–Crippen LogP) is 3.67. The van der Waals surface area contributed by atoms with Crippen molar-refractivity contribution in [1.82, 2.24) is 0 Å². The lowest BCUT2D eigenvalue weighted by Crippen LogP contribution is -2.92. The second-order valence-corrected chi connectivity index (χ2v) is 21.2. The summed E-state index contributed by atoms with van der Waals surface area (Å²) < 4.78 is 13.3. The zero-order valence-corrected chi connectivity index (χ0v) is 23.4. The number of benzene rings is 1. The molecular weight excluding hydrogens is 422 g/mol. The van der Waals surface area contributed by atoms with Gasteiger partial charge in [0.05, 0.1) is 6.61 Å². The van der Waals surface area contributed by atoms with Crippen molar-refractivity contribution in [2.75, 3.05) is 6.61 Å². The van der Waals surface area contributed by atoms with E-state index in [1.54, 1.807) is 0 Å². The van der Waals surface area contributed by atoms with Gasteiger partial charge in [-0.3, -0.25) is 0 Å². The van der Waals surface area contributed by atoms with Crippen LogP contribution < -0.4 is 10.4 Å². The summed E-state index contributed by atoms with van der Waals surface area (Å²) >= 11 is 0. The summed E-state index contributed by atoms with van der Waals surface area (Å²) in [6.45, 7) is 23.2. The Morgan fingerprint density at radius 2 is 1.48 bits per heavy atom. The molecule has 0 heterocycles. The van der Waals surface area contributed by atoms with Crippen LogP contribution >= 0.6 is 0 Å². The Morgan fingerprint density at radius 1 is 0.968 bits per heavy atom. The van der Waals surface area contributed by atoms with E-state index in [1.807, 2.05) is 18.2 Å². The standard InChI is InChI=1S/C24H45NO4Si2/c1-23(2,3)30(7,8)28-18-21(29-31(9,10)24(4,5)6)20(16-22(26)27)25-17-19-14-12-11-13-15-19/h11-15,20-21,25H,16-18H2,1-10H3,(H,26,27)/t20-,21+/m1/s1. The summed E-state index contributed by atoms with van der Waals surface area (Å²) in [6.07, 6.45) is -0.371. The van der Waals surface area contributed by atoms with E-state index in [0.29, 0.717) is 13.2 Å². The third-order valence-corrected chi connectivity index (χ3v) is 16.1. The van der Waals surface area contributed by atoms with Crippen molar-refractivity contribution >= 4 is 22.6 Å². The van der Waals surface area contributed by atoms with E-state index in [2.05, 4.69) is 85.2 Å². The molecule has 0 aliphatic carbocycles. The first-order valence-corrected chi connectivity index (χ1v) is 17.2. The highest BCUT2D eigenvalue weighted by molar-refractivity contribution is 6.74. The van der Waals surface area contributed by atoms with Crippen LogP contribution in [0.1, 0.15) is 53.5 Å². The fourth-order valence-electron chi connectivity index (χ4n) is 2.77. The molecule has 5 nitrogen and oxygen atoms in total. The number of hydrogen-bond acceptors (Lipinski definition) is 4. The quantitative estimate of drug-likeness (QED) is 0.504. The van der Waals surface area contributed by atoms with Crippen LogP contribution in [-0.4, -0.2) is 41.4 Å². The van der Waals surface area contributed by atoms with Crippen LogP contribution in [0.15, 0.2) is 30.3 Å². The number of hydrogen-bond donors (Lipinski definition) is 1. The van der Waals surface area contributed by atoms with Crippen LogP contribution in [-0.2, 0) is 20.2 Å². The largest absolute Gasteiger partial charge is 0.550 e. The summed E-state index contributed by atoms with van der Waals surface area (Å²) in [5.74, 6) is -1.05. The van der Waals surface area contributed by atoms with Crippen LogP contribution in [0.25, 0.3) is 0 Å². The highest BCUT2D eigenvalue weighted by Gasteiger charge is 2.43. The van der Waals surface area contributed by atoms with Crippen molar-refractivity contribution in [3.8, 4) is 0 Å². The summed E-state index contributed by atoms with van der Waals surface area (Å²) in [5.41, 5.74) is 1.15. The molecule has 0 aliphatic heterocycles. The molecule has 0 radical (unpaired) electrons. The zero-order chi connectivity index (χ0) is 24.1. The van der Waals surface area contributed by atoms with Gasteiger partial charge in [-0.05, 0) is 36.3 Å². The average molecular weight is 468 g/mol. The van der Waals surface area contributed by atoms with Gasteiger partial charge in [0.2, 0.25) is 0 Å². The minimum Gasteiger partial charge on any atom is -0.550 e. The zero-order valence-electron chi connectivity index (χ0n) is 21.4. The number of carbonyl (C=O) groups is 1. The molecule has 1 aromatic rings. The third kappa shape index (κ3) is 8.81. The monoisotopic (exact) mass is 467 g/mol. The van der Waals surface area contributed by atoms with E-state index in [0.717, 1.165) is 5.56 Å². The van der Waals surface area contributed by atoms with Crippen molar-refractivity contribution in [3.63, 3.8) is 0 Å². The van der Waals surface area contributed by atoms with E-state index in [9.17, 15) is 9.90 Å². The Bertz CT molecular complexity index is 694. The van der Waals surface area contributed by atoms with E-state index in [1.165, 1.54) is 0 Å². The first-order chi connectivity index (χ1) is 14.0. The van der Waals surface area contributed by atoms with Gasteiger partial charge in [0, 0.05) is 18.0 Å². The summed E-state index contributed by atoms with van der Waals surface area (Å²) in [4.78, 5) is 11.6. The minimum absolute atomic E-state index is 0.0215. The molecule has 0 aromatic heterocycles. The topological polar surface area (TPSA) is 75.2 Å². The second kappa shape index (κ2) is 10.7. The number of carbonyl (C=O) groups excluding carboxylic acids is 1. The SMILES string of the molecule is CC(C)(C)[Si](C)(C)OC[C@H](O[Si](C)(C)C(C)(C)C)[C@@H](CC(=O)[O-])[NH2+]Cc1ccccc1. The second-order valence-electron chi connectivity index (χ2n) is 11.7. The third-order valence-electron chi connectivity index (χ3n) is 7.05. The van der Waals surface area contributed by atoms with Crippen LogP contribution in [0, 0.1) is 0 Å². The van der Waals surface area contributed by atoms with Crippen molar-refractivity contribution in [3.05, 3.63) is 35.9 Å². The highest BCUT2D eigenvalue weighted by Crippen LogP contribution is 2.39. The average Bonchev–Trinajstić information content (AvgIpc) is 2.61. The Labute approximate surface area is 192 Å². The van der Waals surface area contributed by atoms with Crippen molar-refractivity contribution < 1.29 is 24.1 Å². The van der Waals surface area contributed by atoms with Gasteiger partial charge in [0.25, 0.3) is 0 Å². The normalized spacial score (nSPS) is 15.5. The molecule has 7 heteroatoms. The molecule has 2 N–H and O–H groups in total. The number of rotatable bonds is 11. The number of quaternary nitrogens is 1. The van der Waals surface area contributed by atoms with Gasteiger partial charge in [0.15, 0.2) is 16.6 Å². The van der Waals surface area contributed by atoms with Gasteiger partial charge in [0.1, 0.15) is 18.7 Å². The lowest BCUT2D eigenvalue weighted by atomic mass is 10.1. The number of aliphatic carboxylic acids is 1. The fourth-order valence-corrected chi connectivity index (χ4v) is 5.13. The van der Waals surface area contributed by atoms with Crippen molar-refractivity contribution in [1.29, 1.82) is 0 Å². The first-order valence-electron chi connectivity index (χ1n) is 11.4. The Hall–Kier alpha value is -0.996. The minimum atomic E-state index is -2.13. The number of nitrogens with two attached hydrogens (primary N) is 1. The highest BCUT2D eigenvalue weighted by atomic mass is 28.4. The van der Waals surface area contributed by atoms with Crippen LogP contribution in [0.3, 0.4) is 0 Å². The molecule has 0 unspecified atom stereocenters. The molecule has 0 spiro atoms. The summed E-state index contributed by atoms with van der Waals surface area (Å²) in [6, 6.07) is 9.83. The van der Waals surface area contributed by atoms with E-state index in [-0.39, 0.29) is 28.6 Å². The molecule has 1 aromatic carbocycles. The van der Waals surface area contributed by atoms with Gasteiger partial charge in [-0.1, -0.05) is 71.9 Å². The van der Waals surface area contributed by atoms with Gasteiger partial charge in [-0.15, -0.1) is 0 Å². The summed E-state index contributed by atoms with van der Waals surface area (Å²) in [7, 11) is -4.13. The Balaban J connectivity index is 3.15. The van der Waals surface area contributed by atoms with Crippen LogP contribution in [0.4, 0.5) is 0 Å². The van der Waals surface area contributed by atoms with Crippen LogP contribution in [0.5, 0.6) is 0 Å². The smallest absolute Gasteiger partial charge is 0.192 e. The first kappa shape index (κ1) is 28.0. The maximum Gasteiger partial charge on any atom is 0.192 e. The molecule has 0 fully saturated rings. The molecule has 0 bridgehead atoms. The van der Waals surface area contributed by atoms with Crippen molar-refractivity contribution in [2.24, 2.45) is 0 Å². The van der Waals surface area contributed by atoms with E-state index >= 15 is 0 Å². The molecule has 0 amide bonds. The Morgan fingerprint density at radius 3 is 1.94 bits per heavy atom. The molecule has 1 rings (SSSR count). The van der Waals surface area contributed by atoms with Gasteiger partial charge >= 0.3 is 0 Å². The fraction of sp³-hybridized carbons (Fsp3) is 0.708. The Kier molecular flexibility index (Phi) is 9.72. The van der Waals surface area contributed by atoms with Gasteiger partial charge in [-0.25, -0.2) is 0 Å². The summed E-state index contributed by atoms with van der Waals surface area (Å²) in [5, 5.41) is 13.8. The maximum atomic E-state index is 11.6.